The van der Waals surface area contributed by atoms with Crippen molar-refractivity contribution in [1.82, 2.24) is 0 Å². The van der Waals surface area contributed by atoms with Crippen molar-refractivity contribution in [3.8, 4) is 0 Å². The number of hydrogen-bond acceptors (Lipinski definition) is 1. The summed E-state index contributed by atoms with van der Waals surface area (Å²) >= 11 is 0. The number of rotatable bonds is 0. The van der Waals surface area contributed by atoms with Crippen LogP contribution in [0.1, 0.15) is 13.8 Å². The molecule has 0 aromatic heterocycles. The van der Waals surface area contributed by atoms with E-state index in [1.807, 2.05) is 13.8 Å². The molecular weight excluding hydrogens is 142 g/mol. The molecule has 0 amide bonds. The average Bonchev–Trinajstić information content (AvgIpc) is 1.36. The minimum absolute atomic E-state index is 0. The number of alkyl halides is 3. The fourth-order valence-electron chi connectivity index (χ4n) is 0. The lowest BCUT2D eigenvalue weighted by atomic mass is 11.0. The third-order valence-corrected chi connectivity index (χ3v) is 0. The maximum Gasteiger partial charge on any atom is 0.454 e. The molecule has 0 rings (SSSR count). The van der Waals surface area contributed by atoms with Crippen LogP contribution in [0.3, 0.4) is 0 Å². The van der Waals surface area contributed by atoms with Crippen molar-refractivity contribution in [3.05, 3.63) is 0 Å². The van der Waals surface area contributed by atoms with Gasteiger partial charge in [-0.3, -0.25) is 0 Å². The van der Waals surface area contributed by atoms with Crippen LogP contribution in [0.5, 0.6) is 0 Å². The molecule has 0 aliphatic rings. The van der Waals surface area contributed by atoms with E-state index < -0.39 is 6.30 Å². The zero-order chi connectivity index (χ0) is 6.50. The summed E-state index contributed by atoms with van der Waals surface area (Å²) in [6.45, 7) is 4.00. The van der Waals surface area contributed by atoms with Gasteiger partial charge in [0.15, 0.2) is 0 Å². The Morgan fingerprint density at radius 2 is 1.12 bits per heavy atom. The number of halogens is 4. The Morgan fingerprint density at radius 1 is 1.12 bits per heavy atom. The zero-order valence-electron chi connectivity index (χ0n) is 4.62. The lowest BCUT2D eigenvalue weighted by Gasteiger charge is -1.89. The molecule has 54 valence electrons. The van der Waals surface area contributed by atoms with Gasteiger partial charge in [0, 0.05) is 0 Å². The number of hydrogen-bond donors (Lipinski definition) is 1. The Kier molecular flexibility index (Phi) is 13.8. The lowest BCUT2D eigenvalue weighted by Crippen LogP contribution is -2.20. The summed E-state index contributed by atoms with van der Waals surface area (Å²) in [5.41, 5.74) is 3.35. The van der Waals surface area contributed by atoms with Crippen LogP contribution >= 0.6 is 12.4 Å². The van der Waals surface area contributed by atoms with Gasteiger partial charge in [-0.1, -0.05) is 13.8 Å². The number of nitrogens with two attached hydrogens (primary N) is 1. The first-order valence-electron chi connectivity index (χ1n) is 1.86. The molecular formula is C3H9ClF3N. The average molecular weight is 152 g/mol. The van der Waals surface area contributed by atoms with Gasteiger partial charge >= 0.3 is 6.30 Å². The maximum atomic E-state index is 10.1. The summed E-state index contributed by atoms with van der Waals surface area (Å²) in [4.78, 5) is 0. The summed E-state index contributed by atoms with van der Waals surface area (Å²) in [6.07, 6.45) is -4.50. The summed E-state index contributed by atoms with van der Waals surface area (Å²) in [5, 5.41) is 0. The van der Waals surface area contributed by atoms with Crippen LogP contribution < -0.4 is 5.73 Å². The van der Waals surface area contributed by atoms with E-state index in [0.29, 0.717) is 0 Å². The second-order valence-corrected chi connectivity index (χ2v) is 0.542. The molecule has 1 nitrogen and oxygen atoms in total. The quantitative estimate of drug-likeness (QED) is 0.526. The van der Waals surface area contributed by atoms with Crippen LogP contribution in [-0.4, -0.2) is 6.30 Å². The normalized spacial score (nSPS) is 8.25. The molecule has 0 aromatic carbocycles. The van der Waals surface area contributed by atoms with Gasteiger partial charge in [-0.2, -0.15) is 13.2 Å². The Bertz CT molecular complexity index is 30.0. The van der Waals surface area contributed by atoms with Crippen LogP contribution in [-0.2, 0) is 0 Å². The second kappa shape index (κ2) is 7.04. The van der Waals surface area contributed by atoms with E-state index in [-0.39, 0.29) is 12.4 Å². The maximum absolute atomic E-state index is 10.1. The molecule has 0 atom stereocenters. The molecule has 0 bridgehead atoms. The van der Waals surface area contributed by atoms with Gasteiger partial charge < -0.3 is 0 Å². The molecule has 2 N–H and O–H groups in total. The smallest absolute Gasteiger partial charge is 0.242 e. The Labute approximate surface area is 52.5 Å². The summed E-state index contributed by atoms with van der Waals surface area (Å²) < 4.78 is 30.4. The van der Waals surface area contributed by atoms with Crippen molar-refractivity contribution in [3.63, 3.8) is 0 Å². The molecule has 0 aliphatic heterocycles. The lowest BCUT2D eigenvalue weighted by molar-refractivity contribution is -0.122. The Balaban J connectivity index is -0.0000000750. The molecule has 0 heterocycles. The molecule has 0 aromatic rings. The first kappa shape index (κ1) is 15.7. The summed E-state index contributed by atoms with van der Waals surface area (Å²) in [7, 11) is 0. The van der Waals surface area contributed by atoms with Gasteiger partial charge in [-0.15, -0.1) is 12.4 Å². The summed E-state index contributed by atoms with van der Waals surface area (Å²) in [5.74, 6) is 0. The highest BCUT2D eigenvalue weighted by Crippen LogP contribution is 2.01. The first-order chi connectivity index (χ1) is 3.00. The topological polar surface area (TPSA) is 26.0 Å². The monoisotopic (exact) mass is 151 g/mol. The van der Waals surface area contributed by atoms with Gasteiger partial charge in [0.05, 0.1) is 0 Å². The van der Waals surface area contributed by atoms with Crippen molar-refractivity contribution >= 4 is 12.4 Å². The molecule has 5 heteroatoms. The molecule has 0 aliphatic carbocycles. The standard InChI is InChI=1S/C2H6.CH2F3N.ClH/c1-2;2-1(3,4)5;/h1-2H3;5H2;1H. The molecule has 8 heavy (non-hydrogen) atoms. The van der Waals surface area contributed by atoms with E-state index in [1.54, 1.807) is 0 Å². The van der Waals surface area contributed by atoms with E-state index in [4.69, 9.17) is 0 Å². The first-order valence-corrected chi connectivity index (χ1v) is 1.86. The summed E-state index contributed by atoms with van der Waals surface area (Å²) in [6, 6.07) is 0. The van der Waals surface area contributed by atoms with E-state index >= 15 is 0 Å². The zero-order valence-corrected chi connectivity index (χ0v) is 5.44. The molecule has 0 unspecified atom stereocenters. The van der Waals surface area contributed by atoms with Crippen LogP contribution in [0.15, 0.2) is 0 Å². The Morgan fingerprint density at radius 3 is 1.12 bits per heavy atom. The molecule has 0 saturated heterocycles. The molecule has 0 saturated carbocycles. The fourth-order valence-corrected chi connectivity index (χ4v) is 0. The SMILES string of the molecule is CC.Cl.NC(F)(F)F. The highest BCUT2D eigenvalue weighted by atomic mass is 35.5. The van der Waals surface area contributed by atoms with Crippen LogP contribution in [0, 0.1) is 0 Å². The third-order valence-electron chi connectivity index (χ3n) is 0. The van der Waals surface area contributed by atoms with Gasteiger partial charge in [-0.05, 0) is 0 Å². The highest BCUT2D eigenvalue weighted by Gasteiger charge is 2.16. The largest absolute Gasteiger partial charge is 0.454 e. The second-order valence-electron chi connectivity index (χ2n) is 0.542. The van der Waals surface area contributed by atoms with Gasteiger partial charge in [0.1, 0.15) is 0 Å². The minimum atomic E-state index is -4.50. The van der Waals surface area contributed by atoms with E-state index in [9.17, 15) is 13.2 Å². The fraction of sp³-hybridized carbons (Fsp3) is 1.00. The van der Waals surface area contributed by atoms with Crippen LogP contribution in [0.2, 0.25) is 0 Å². The van der Waals surface area contributed by atoms with Crippen molar-refractivity contribution in [2.45, 2.75) is 20.1 Å². The van der Waals surface area contributed by atoms with Crippen LogP contribution in [0.25, 0.3) is 0 Å². The van der Waals surface area contributed by atoms with Crippen LogP contribution in [0.4, 0.5) is 13.2 Å². The van der Waals surface area contributed by atoms with Gasteiger partial charge in [0.25, 0.3) is 0 Å². The van der Waals surface area contributed by atoms with Crippen molar-refractivity contribution in [2.24, 2.45) is 5.73 Å². The van der Waals surface area contributed by atoms with E-state index in [0.717, 1.165) is 0 Å². The molecule has 0 fully saturated rings. The van der Waals surface area contributed by atoms with Crippen molar-refractivity contribution < 1.29 is 13.2 Å². The van der Waals surface area contributed by atoms with Crippen molar-refractivity contribution in [1.29, 1.82) is 0 Å². The highest BCUT2D eigenvalue weighted by molar-refractivity contribution is 5.85. The van der Waals surface area contributed by atoms with Gasteiger partial charge in [0.2, 0.25) is 0 Å². The van der Waals surface area contributed by atoms with E-state index in [1.165, 1.54) is 0 Å². The third kappa shape index (κ3) is 95900. The molecule has 0 spiro atoms. The minimum Gasteiger partial charge on any atom is -0.242 e. The van der Waals surface area contributed by atoms with Crippen molar-refractivity contribution in [2.75, 3.05) is 0 Å². The van der Waals surface area contributed by atoms with E-state index in [2.05, 4.69) is 5.73 Å². The Hall–Kier alpha value is 0.0400. The predicted octanol–water partition coefficient (Wildman–Crippen LogP) is 1.91. The van der Waals surface area contributed by atoms with Gasteiger partial charge in [-0.25, -0.2) is 5.73 Å². The predicted molar refractivity (Wildman–Crippen MR) is 28.8 cm³/mol. The molecule has 0 radical (unpaired) electrons.